The lowest BCUT2D eigenvalue weighted by molar-refractivity contribution is 0.700. The van der Waals surface area contributed by atoms with Crippen LogP contribution < -0.4 is 11.1 Å². The van der Waals surface area contributed by atoms with Crippen molar-refractivity contribution in [2.45, 2.75) is 13.1 Å². The van der Waals surface area contributed by atoms with Gasteiger partial charge >= 0.3 is 0 Å². The standard InChI is InChI=1S/C12H13BrN2S/c13-10-4-2-1-3-9(10)7-15-8-12-11(14)5-6-16-12/h1-6,15H,7-8,14H2. The van der Waals surface area contributed by atoms with Gasteiger partial charge in [-0.2, -0.15) is 0 Å². The Labute approximate surface area is 108 Å². The Morgan fingerprint density at radius 1 is 1.19 bits per heavy atom. The lowest BCUT2D eigenvalue weighted by Crippen LogP contribution is -2.12. The molecular weight excluding hydrogens is 284 g/mol. The molecule has 0 amide bonds. The van der Waals surface area contributed by atoms with Gasteiger partial charge in [0, 0.05) is 28.1 Å². The van der Waals surface area contributed by atoms with E-state index in [9.17, 15) is 0 Å². The molecule has 0 atom stereocenters. The SMILES string of the molecule is Nc1ccsc1CNCc1ccccc1Br. The van der Waals surface area contributed by atoms with Gasteiger partial charge < -0.3 is 11.1 Å². The van der Waals surface area contributed by atoms with Crippen molar-refractivity contribution in [2.75, 3.05) is 5.73 Å². The van der Waals surface area contributed by atoms with Crippen LogP contribution in [0.1, 0.15) is 10.4 Å². The van der Waals surface area contributed by atoms with Gasteiger partial charge in [-0.05, 0) is 23.1 Å². The van der Waals surface area contributed by atoms with Crippen molar-refractivity contribution in [2.24, 2.45) is 0 Å². The molecule has 0 fully saturated rings. The zero-order valence-corrected chi connectivity index (χ0v) is 11.1. The molecule has 16 heavy (non-hydrogen) atoms. The summed E-state index contributed by atoms with van der Waals surface area (Å²) in [5.41, 5.74) is 7.95. The van der Waals surface area contributed by atoms with Gasteiger partial charge in [-0.15, -0.1) is 11.3 Å². The van der Waals surface area contributed by atoms with E-state index in [0.29, 0.717) is 0 Å². The fourth-order valence-electron chi connectivity index (χ4n) is 1.45. The highest BCUT2D eigenvalue weighted by Gasteiger charge is 2.01. The topological polar surface area (TPSA) is 38.0 Å². The Morgan fingerprint density at radius 2 is 2.00 bits per heavy atom. The van der Waals surface area contributed by atoms with Gasteiger partial charge in [-0.1, -0.05) is 34.1 Å². The van der Waals surface area contributed by atoms with Gasteiger partial charge in [-0.25, -0.2) is 0 Å². The summed E-state index contributed by atoms with van der Waals surface area (Å²) in [6.45, 7) is 1.67. The highest BCUT2D eigenvalue weighted by molar-refractivity contribution is 9.10. The van der Waals surface area contributed by atoms with Crippen LogP contribution in [0.2, 0.25) is 0 Å². The average Bonchev–Trinajstić information content (AvgIpc) is 2.67. The summed E-state index contributed by atoms with van der Waals surface area (Å²) in [7, 11) is 0. The van der Waals surface area contributed by atoms with E-state index in [1.165, 1.54) is 10.4 Å². The first-order chi connectivity index (χ1) is 7.77. The predicted octanol–water partition coefficient (Wildman–Crippen LogP) is 3.38. The Hall–Kier alpha value is -0.840. The number of nitrogens with two attached hydrogens (primary N) is 1. The van der Waals surface area contributed by atoms with E-state index in [4.69, 9.17) is 5.73 Å². The Kier molecular flexibility index (Phi) is 3.98. The van der Waals surface area contributed by atoms with Gasteiger partial charge in [-0.3, -0.25) is 0 Å². The minimum absolute atomic E-state index is 0.824. The number of nitrogen functional groups attached to an aromatic ring is 1. The number of thiophene rings is 1. The lowest BCUT2D eigenvalue weighted by atomic mass is 10.2. The summed E-state index contributed by atoms with van der Waals surface area (Å²) < 4.78 is 1.14. The van der Waals surface area contributed by atoms with E-state index in [-0.39, 0.29) is 0 Å². The van der Waals surface area contributed by atoms with E-state index in [1.807, 2.05) is 23.6 Å². The summed E-state index contributed by atoms with van der Waals surface area (Å²) >= 11 is 5.22. The molecule has 3 N–H and O–H groups in total. The molecule has 0 aliphatic carbocycles. The maximum absolute atomic E-state index is 5.81. The quantitative estimate of drug-likeness (QED) is 0.908. The number of benzene rings is 1. The highest BCUT2D eigenvalue weighted by Crippen LogP contribution is 2.19. The second kappa shape index (κ2) is 5.48. The van der Waals surface area contributed by atoms with Gasteiger partial charge in [0.05, 0.1) is 0 Å². The molecule has 1 aromatic carbocycles. The fourth-order valence-corrected chi connectivity index (χ4v) is 2.64. The second-order valence-electron chi connectivity index (χ2n) is 3.49. The highest BCUT2D eigenvalue weighted by atomic mass is 79.9. The number of rotatable bonds is 4. The van der Waals surface area contributed by atoms with Crippen molar-refractivity contribution in [3.05, 3.63) is 50.6 Å². The van der Waals surface area contributed by atoms with Crippen LogP contribution in [-0.4, -0.2) is 0 Å². The minimum atomic E-state index is 0.824. The van der Waals surface area contributed by atoms with Crippen molar-refractivity contribution in [1.82, 2.24) is 5.32 Å². The second-order valence-corrected chi connectivity index (χ2v) is 5.35. The third-order valence-corrected chi connectivity index (χ3v) is 4.05. The Bertz CT molecular complexity index is 468. The summed E-state index contributed by atoms with van der Waals surface area (Å²) in [5, 5.41) is 5.40. The van der Waals surface area contributed by atoms with Crippen LogP contribution in [0, 0.1) is 0 Å². The van der Waals surface area contributed by atoms with E-state index in [2.05, 4.69) is 33.4 Å². The zero-order valence-electron chi connectivity index (χ0n) is 8.74. The molecule has 84 valence electrons. The fraction of sp³-hybridized carbons (Fsp3) is 0.167. The molecule has 1 aromatic heterocycles. The number of halogens is 1. The molecule has 0 radical (unpaired) electrons. The molecule has 0 aliphatic rings. The monoisotopic (exact) mass is 296 g/mol. The number of hydrogen-bond donors (Lipinski definition) is 2. The smallest absolute Gasteiger partial charge is 0.0468 e. The minimum Gasteiger partial charge on any atom is -0.398 e. The maximum atomic E-state index is 5.81. The first-order valence-corrected chi connectivity index (χ1v) is 6.70. The largest absolute Gasteiger partial charge is 0.398 e. The van der Waals surface area contributed by atoms with Crippen LogP contribution in [-0.2, 0) is 13.1 Å². The zero-order chi connectivity index (χ0) is 11.4. The average molecular weight is 297 g/mol. The summed E-state index contributed by atoms with van der Waals surface area (Å²) in [6, 6.07) is 10.2. The van der Waals surface area contributed by atoms with Crippen molar-refractivity contribution in [3.63, 3.8) is 0 Å². The first-order valence-electron chi connectivity index (χ1n) is 5.03. The Morgan fingerprint density at radius 3 is 2.69 bits per heavy atom. The summed E-state index contributed by atoms with van der Waals surface area (Å²) in [4.78, 5) is 1.20. The summed E-state index contributed by atoms with van der Waals surface area (Å²) in [5.74, 6) is 0. The normalized spacial score (nSPS) is 10.6. The molecule has 2 nitrogen and oxygen atoms in total. The first kappa shape index (κ1) is 11.6. The van der Waals surface area contributed by atoms with Crippen molar-refractivity contribution >= 4 is 33.0 Å². The van der Waals surface area contributed by atoms with Gasteiger partial charge in [0.25, 0.3) is 0 Å². The van der Waals surface area contributed by atoms with Crippen molar-refractivity contribution < 1.29 is 0 Å². The molecule has 4 heteroatoms. The van der Waals surface area contributed by atoms with Gasteiger partial charge in [0.1, 0.15) is 0 Å². The van der Waals surface area contributed by atoms with Crippen LogP contribution >= 0.6 is 27.3 Å². The van der Waals surface area contributed by atoms with Gasteiger partial charge in [0.2, 0.25) is 0 Å². The van der Waals surface area contributed by atoms with Crippen LogP contribution in [0.5, 0.6) is 0 Å². The molecule has 2 aromatic rings. The molecule has 0 aliphatic heterocycles. The molecule has 0 unspecified atom stereocenters. The third kappa shape index (κ3) is 2.84. The third-order valence-electron chi connectivity index (χ3n) is 2.34. The van der Waals surface area contributed by atoms with Crippen LogP contribution in [0.15, 0.2) is 40.2 Å². The number of anilines is 1. The van der Waals surface area contributed by atoms with E-state index in [0.717, 1.165) is 23.2 Å². The van der Waals surface area contributed by atoms with E-state index in [1.54, 1.807) is 11.3 Å². The lowest BCUT2D eigenvalue weighted by Gasteiger charge is -2.06. The molecule has 0 saturated heterocycles. The van der Waals surface area contributed by atoms with Crippen molar-refractivity contribution in [3.8, 4) is 0 Å². The van der Waals surface area contributed by atoms with E-state index >= 15 is 0 Å². The molecule has 1 heterocycles. The van der Waals surface area contributed by atoms with Crippen molar-refractivity contribution in [1.29, 1.82) is 0 Å². The molecular formula is C12H13BrN2S. The maximum Gasteiger partial charge on any atom is 0.0468 e. The van der Waals surface area contributed by atoms with Crippen LogP contribution in [0.3, 0.4) is 0 Å². The molecule has 2 rings (SSSR count). The number of nitrogens with one attached hydrogen (secondary N) is 1. The van der Waals surface area contributed by atoms with E-state index < -0.39 is 0 Å². The Balaban J connectivity index is 1.89. The molecule has 0 bridgehead atoms. The molecule has 0 saturated carbocycles. The molecule has 0 spiro atoms. The van der Waals surface area contributed by atoms with Crippen LogP contribution in [0.4, 0.5) is 5.69 Å². The predicted molar refractivity (Wildman–Crippen MR) is 73.4 cm³/mol. The number of hydrogen-bond acceptors (Lipinski definition) is 3. The van der Waals surface area contributed by atoms with Crippen LogP contribution in [0.25, 0.3) is 0 Å². The van der Waals surface area contributed by atoms with Gasteiger partial charge in [0.15, 0.2) is 0 Å². The summed E-state index contributed by atoms with van der Waals surface area (Å²) in [6.07, 6.45) is 0.